The van der Waals surface area contributed by atoms with E-state index in [-0.39, 0.29) is 6.10 Å². The van der Waals surface area contributed by atoms with Crippen LogP contribution in [0.4, 0.5) is 0 Å². The molecule has 0 aromatic heterocycles. The second-order valence-electron chi connectivity index (χ2n) is 4.40. The van der Waals surface area contributed by atoms with E-state index in [1.807, 2.05) is 30.0 Å². The smallest absolute Gasteiger partial charge is 0.150 e. The topological polar surface area (TPSA) is 21.6 Å². The van der Waals surface area contributed by atoms with Gasteiger partial charge in [0.2, 0.25) is 0 Å². The SMILES string of the molecule is CS[C@@H]1C(c2ccccc2)=NO[C@H]2C=CC[C@H]21. The van der Waals surface area contributed by atoms with Crippen LogP contribution in [0.15, 0.2) is 47.6 Å². The van der Waals surface area contributed by atoms with Gasteiger partial charge in [-0.15, -0.1) is 0 Å². The summed E-state index contributed by atoms with van der Waals surface area (Å²) >= 11 is 1.87. The lowest BCUT2D eigenvalue weighted by atomic mass is 9.92. The minimum atomic E-state index is 0.180. The Morgan fingerprint density at radius 3 is 2.88 bits per heavy atom. The van der Waals surface area contributed by atoms with E-state index in [2.05, 4.69) is 35.7 Å². The summed E-state index contributed by atoms with van der Waals surface area (Å²) in [6, 6.07) is 10.3. The Bertz CT molecular complexity index is 455. The highest BCUT2D eigenvalue weighted by Crippen LogP contribution is 2.36. The number of fused-ring (bicyclic) bond motifs is 1. The summed E-state index contributed by atoms with van der Waals surface area (Å²) in [6.45, 7) is 0. The van der Waals surface area contributed by atoms with E-state index in [1.165, 1.54) is 5.56 Å². The minimum Gasteiger partial charge on any atom is -0.388 e. The van der Waals surface area contributed by atoms with Crippen LogP contribution in [0, 0.1) is 5.92 Å². The molecule has 0 saturated heterocycles. The molecule has 1 heterocycles. The van der Waals surface area contributed by atoms with Gasteiger partial charge in [-0.1, -0.05) is 41.6 Å². The van der Waals surface area contributed by atoms with Crippen molar-refractivity contribution in [2.45, 2.75) is 17.8 Å². The number of benzene rings is 1. The largest absolute Gasteiger partial charge is 0.388 e. The van der Waals surface area contributed by atoms with Crippen molar-refractivity contribution in [1.29, 1.82) is 0 Å². The predicted octanol–water partition coefficient (Wildman–Crippen LogP) is 3.10. The van der Waals surface area contributed by atoms with Crippen LogP contribution in [0.25, 0.3) is 0 Å². The molecular weight excluding hydrogens is 230 g/mol. The number of hydrogen-bond acceptors (Lipinski definition) is 3. The maximum atomic E-state index is 5.59. The monoisotopic (exact) mass is 245 g/mol. The van der Waals surface area contributed by atoms with E-state index in [9.17, 15) is 0 Å². The van der Waals surface area contributed by atoms with E-state index in [4.69, 9.17) is 4.84 Å². The number of oxime groups is 1. The van der Waals surface area contributed by atoms with Gasteiger partial charge in [-0.2, -0.15) is 11.8 Å². The fourth-order valence-corrected chi connectivity index (χ4v) is 3.56. The Labute approximate surface area is 106 Å². The lowest BCUT2D eigenvalue weighted by molar-refractivity contribution is 0.0487. The summed E-state index contributed by atoms with van der Waals surface area (Å²) in [5, 5.41) is 4.78. The van der Waals surface area contributed by atoms with Crippen LogP contribution in [0.1, 0.15) is 12.0 Å². The third-order valence-electron chi connectivity index (χ3n) is 3.41. The van der Waals surface area contributed by atoms with Crippen molar-refractivity contribution in [2.75, 3.05) is 6.26 Å². The van der Waals surface area contributed by atoms with Crippen LogP contribution in [0.2, 0.25) is 0 Å². The predicted molar refractivity (Wildman–Crippen MR) is 72.4 cm³/mol. The summed E-state index contributed by atoms with van der Waals surface area (Å²) in [6.07, 6.45) is 7.78. The highest BCUT2D eigenvalue weighted by atomic mass is 32.2. The molecule has 1 aromatic rings. The molecular formula is C14H15NOS. The van der Waals surface area contributed by atoms with Crippen molar-refractivity contribution in [1.82, 2.24) is 0 Å². The fourth-order valence-electron chi connectivity index (χ4n) is 2.54. The molecule has 1 aliphatic carbocycles. The Morgan fingerprint density at radius 1 is 1.29 bits per heavy atom. The molecule has 0 radical (unpaired) electrons. The molecule has 0 saturated carbocycles. The molecule has 0 fully saturated rings. The van der Waals surface area contributed by atoms with Gasteiger partial charge in [0.05, 0.1) is 5.25 Å². The molecule has 3 rings (SSSR count). The van der Waals surface area contributed by atoms with Gasteiger partial charge in [-0.05, 0) is 18.8 Å². The number of rotatable bonds is 2. The van der Waals surface area contributed by atoms with Gasteiger partial charge in [0.25, 0.3) is 0 Å². The zero-order valence-electron chi connectivity index (χ0n) is 9.74. The summed E-state index contributed by atoms with van der Waals surface area (Å²) < 4.78 is 0. The molecule has 2 aliphatic rings. The Hall–Kier alpha value is -1.22. The van der Waals surface area contributed by atoms with Crippen molar-refractivity contribution >= 4 is 17.5 Å². The zero-order valence-corrected chi connectivity index (χ0v) is 10.6. The van der Waals surface area contributed by atoms with Crippen LogP contribution >= 0.6 is 11.8 Å². The number of hydrogen-bond donors (Lipinski definition) is 0. The standard InChI is InChI=1S/C14H15NOS/c1-17-14-11-8-5-9-12(11)16-15-13(14)10-6-3-2-4-7-10/h2-7,9,11-12,14H,8H2,1H3/t11-,12+,14+/m1/s1. The highest BCUT2D eigenvalue weighted by Gasteiger charge is 2.38. The van der Waals surface area contributed by atoms with E-state index < -0.39 is 0 Å². The molecule has 2 nitrogen and oxygen atoms in total. The van der Waals surface area contributed by atoms with Crippen LogP contribution in [-0.2, 0) is 4.84 Å². The maximum absolute atomic E-state index is 5.59. The normalized spacial score (nSPS) is 30.6. The fraction of sp³-hybridized carbons (Fsp3) is 0.357. The lowest BCUT2D eigenvalue weighted by Gasteiger charge is -2.31. The van der Waals surface area contributed by atoms with Crippen molar-refractivity contribution < 1.29 is 4.84 Å². The van der Waals surface area contributed by atoms with Gasteiger partial charge in [-0.25, -0.2) is 0 Å². The lowest BCUT2D eigenvalue weighted by Crippen LogP contribution is -2.37. The molecule has 88 valence electrons. The number of thioether (sulfide) groups is 1. The van der Waals surface area contributed by atoms with Crippen LogP contribution in [0.5, 0.6) is 0 Å². The summed E-state index contributed by atoms with van der Waals surface area (Å²) in [5.74, 6) is 0.540. The van der Waals surface area contributed by atoms with Crippen LogP contribution < -0.4 is 0 Å². The molecule has 0 spiro atoms. The van der Waals surface area contributed by atoms with Gasteiger partial charge < -0.3 is 4.84 Å². The molecule has 1 aromatic carbocycles. The first-order valence-corrected chi connectivity index (χ1v) is 7.17. The van der Waals surface area contributed by atoms with E-state index in [0.717, 1.165) is 12.1 Å². The van der Waals surface area contributed by atoms with Gasteiger partial charge >= 0.3 is 0 Å². The van der Waals surface area contributed by atoms with Crippen LogP contribution in [-0.4, -0.2) is 23.3 Å². The first-order chi connectivity index (χ1) is 8.40. The summed E-state index contributed by atoms with van der Waals surface area (Å²) in [5.41, 5.74) is 2.26. The number of allylic oxidation sites excluding steroid dienone is 1. The molecule has 0 unspecified atom stereocenters. The van der Waals surface area contributed by atoms with Crippen molar-refractivity contribution in [3.05, 3.63) is 48.0 Å². The summed E-state index contributed by atoms with van der Waals surface area (Å²) in [7, 11) is 0. The van der Waals surface area contributed by atoms with E-state index >= 15 is 0 Å². The average molecular weight is 245 g/mol. The molecule has 0 N–H and O–H groups in total. The van der Waals surface area contributed by atoms with Gasteiger partial charge in [0.1, 0.15) is 11.8 Å². The third-order valence-corrected chi connectivity index (χ3v) is 4.49. The first kappa shape index (κ1) is 10.9. The Kier molecular flexibility index (Phi) is 2.93. The molecule has 3 atom stereocenters. The van der Waals surface area contributed by atoms with Gasteiger partial charge in [-0.3, -0.25) is 0 Å². The van der Waals surface area contributed by atoms with Crippen molar-refractivity contribution in [3.8, 4) is 0 Å². The molecule has 0 amide bonds. The van der Waals surface area contributed by atoms with Crippen molar-refractivity contribution in [3.63, 3.8) is 0 Å². The molecule has 3 heteroatoms. The number of nitrogens with zero attached hydrogens (tertiary/aromatic N) is 1. The van der Waals surface area contributed by atoms with E-state index in [1.54, 1.807) is 0 Å². The quantitative estimate of drug-likeness (QED) is 0.747. The van der Waals surface area contributed by atoms with E-state index in [0.29, 0.717) is 11.2 Å². The minimum absolute atomic E-state index is 0.180. The molecule has 1 aliphatic heterocycles. The highest BCUT2D eigenvalue weighted by molar-refractivity contribution is 8.00. The Morgan fingerprint density at radius 2 is 2.12 bits per heavy atom. The van der Waals surface area contributed by atoms with Crippen molar-refractivity contribution in [2.24, 2.45) is 11.1 Å². The maximum Gasteiger partial charge on any atom is 0.150 e. The Balaban J connectivity index is 1.94. The third kappa shape index (κ3) is 1.89. The summed E-state index contributed by atoms with van der Waals surface area (Å²) in [4.78, 5) is 5.59. The molecule has 0 bridgehead atoms. The average Bonchev–Trinajstić information content (AvgIpc) is 2.86. The van der Waals surface area contributed by atoms with Crippen LogP contribution in [0.3, 0.4) is 0 Å². The molecule has 17 heavy (non-hydrogen) atoms. The zero-order chi connectivity index (χ0) is 11.7. The second-order valence-corrected chi connectivity index (χ2v) is 5.38. The first-order valence-electron chi connectivity index (χ1n) is 5.89. The second kappa shape index (κ2) is 4.57. The van der Waals surface area contributed by atoms with Gasteiger partial charge in [0, 0.05) is 11.5 Å². The van der Waals surface area contributed by atoms with Gasteiger partial charge in [0.15, 0.2) is 0 Å².